The number of hydrogen-bond donors (Lipinski definition) is 1. The van der Waals surface area contributed by atoms with Gasteiger partial charge in [0, 0.05) is 12.2 Å². The van der Waals surface area contributed by atoms with Crippen LogP contribution in [0, 0.1) is 12.8 Å². The Morgan fingerprint density at radius 1 is 1.16 bits per heavy atom. The van der Waals surface area contributed by atoms with Gasteiger partial charge in [0.05, 0.1) is 24.1 Å². The zero-order valence-corrected chi connectivity index (χ0v) is 22.8. The monoisotopic (exact) mass is 534 g/mol. The molecule has 2 aromatic heterocycles. The van der Waals surface area contributed by atoms with E-state index in [0.29, 0.717) is 38.7 Å². The molecule has 0 spiro atoms. The highest BCUT2D eigenvalue weighted by molar-refractivity contribution is 8.26. The number of pyridine rings is 1. The Morgan fingerprint density at radius 2 is 1.89 bits per heavy atom. The number of ether oxygens (including phenoxy) is 1. The predicted molar refractivity (Wildman–Crippen MR) is 153 cm³/mol. The van der Waals surface area contributed by atoms with Crippen LogP contribution in [0.5, 0.6) is 5.75 Å². The fraction of sp³-hybridized carbons (Fsp3) is 0.357. The lowest BCUT2D eigenvalue weighted by Gasteiger charge is -2.28. The second-order valence-electron chi connectivity index (χ2n) is 9.78. The van der Waals surface area contributed by atoms with E-state index in [0.717, 1.165) is 42.6 Å². The zero-order valence-electron chi connectivity index (χ0n) is 21.2. The van der Waals surface area contributed by atoms with Crippen molar-refractivity contribution in [1.82, 2.24) is 14.3 Å². The standard InChI is InChI=1S/C28H30N4O3S2/c1-17-6-10-20(11-7-17)29-24-22(26(33)31-14-4-5-18(2)25(31)30-24)15-23-27(34)32(28(36)37-23)16-19-8-12-21(35-3)13-9-19/h4-5,8-9,12-15,17,20,29H,6-7,10-11,16H2,1-3H3. The van der Waals surface area contributed by atoms with Gasteiger partial charge in [0.25, 0.3) is 11.5 Å². The molecular formula is C28H30N4O3S2. The van der Waals surface area contributed by atoms with E-state index in [9.17, 15) is 9.59 Å². The fourth-order valence-corrected chi connectivity index (χ4v) is 6.07. The summed E-state index contributed by atoms with van der Waals surface area (Å²) in [6, 6.07) is 11.6. The number of aromatic nitrogens is 2. The summed E-state index contributed by atoms with van der Waals surface area (Å²) >= 11 is 6.76. The highest BCUT2D eigenvalue weighted by Gasteiger charge is 2.33. The molecule has 1 saturated carbocycles. The van der Waals surface area contributed by atoms with Crippen LogP contribution in [-0.4, -0.2) is 37.7 Å². The van der Waals surface area contributed by atoms with Crippen LogP contribution in [0.1, 0.15) is 49.3 Å². The van der Waals surface area contributed by atoms with Crippen LogP contribution >= 0.6 is 24.0 Å². The number of benzene rings is 1. The number of nitrogens with zero attached hydrogens (tertiary/aromatic N) is 3. The Kier molecular flexibility index (Phi) is 7.35. The number of amides is 1. The Morgan fingerprint density at radius 3 is 2.59 bits per heavy atom. The van der Waals surface area contributed by atoms with Crippen molar-refractivity contribution in [3.05, 3.63) is 74.5 Å². The molecule has 0 bridgehead atoms. The van der Waals surface area contributed by atoms with Crippen LogP contribution in [0.2, 0.25) is 0 Å². The van der Waals surface area contributed by atoms with Gasteiger partial charge in [-0.1, -0.05) is 49.1 Å². The number of anilines is 1. The summed E-state index contributed by atoms with van der Waals surface area (Å²) in [4.78, 5) is 33.9. The van der Waals surface area contributed by atoms with Crippen molar-refractivity contribution in [1.29, 1.82) is 0 Å². The molecule has 1 aromatic carbocycles. The Labute approximate surface area is 225 Å². The number of nitrogens with one attached hydrogen (secondary N) is 1. The maximum absolute atomic E-state index is 13.7. The summed E-state index contributed by atoms with van der Waals surface area (Å²) in [5, 5.41) is 3.54. The quantitative estimate of drug-likeness (QED) is 0.335. The number of rotatable bonds is 6. The van der Waals surface area contributed by atoms with Crippen LogP contribution in [0.4, 0.5) is 5.82 Å². The molecule has 0 unspecified atom stereocenters. The third-order valence-corrected chi connectivity index (χ3v) is 8.47. The first kappa shape index (κ1) is 25.5. The summed E-state index contributed by atoms with van der Waals surface area (Å²) in [5.41, 5.74) is 2.64. The molecule has 5 rings (SSSR count). The van der Waals surface area contributed by atoms with Crippen molar-refractivity contribution in [3.8, 4) is 5.75 Å². The molecule has 1 amide bonds. The van der Waals surface area contributed by atoms with Gasteiger partial charge in [-0.05, 0) is 73.9 Å². The maximum Gasteiger partial charge on any atom is 0.267 e. The minimum atomic E-state index is -0.211. The van der Waals surface area contributed by atoms with E-state index >= 15 is 0 Å². The van der Waals surface area contributed by atoms with E-state index in [-0.39, 0.29) is 17.5 Å². The molecule has 7 nitrogen and oxygen atoms in total. The van der Waals surface area contributed by atoms with Gasteiger partial charge in [0.15, 0.2) is 0 Å². The number of thiocarbonyl (C=S) groups is 1. The van der Waals surface area contributed by atoms with Crippen LogP contribution in [0.15, 0.2) is 52.3 Å². The second-order valence-corrected chi connectivity index (χ2v) is 11.5. The van der Waals surface area contributed by atoms with Crippen molar-refractivity contribution in [2.24, 2.45) is 5.92 Å². The van der Waals surface area contributed by atoms with Crippen molar-refractivity contribution in [2.75, 3.05) is 12.4 Å². The normalized spacial score (nSPS) is 21.2. The summed E-state index contributed by atoms with van der Waals surface area (Å²) < 4.78 is 7.24. The third-order valence-electron chi connectivity index (χ3n) is 7.09. The van der Waals surface area contributed by atoms with Crippen molar-refractivity contribution < 1.29 is 9.53 Å². The molecule has 2 aliphatic rings. The summed E-state index contributed by atoms with van der Waals surface area (Å²) in [6.45, 7) is 4.57. The van der Waals surface area contributed by atoms with Gasteiger partial charge in [-0.3, -0.25) is 18.9 Å². The fourth-order valence-electron chi connectivity index (χ4n) is 4.83. The smallest absolute Gasteiger partial charge is 0.267 e. The number of carbonyl (C=O) groups excluding carboxylic acids is 1. The molecule has 3 aromatic rings. The van der Waals surface area contributed by atoms with E-state index in [1.807, 2.05) is 43.3 Å². The lowest BCUT2D eigenvalue weighted by Crippen LogP contribution is -2.29. The molecule has 3 heterocycles. The van der Waals surface area contributed by atoms with Gasteiger partial charge in [-0.2, -0.15) is 0 Å². The molecule has 9 heteroatoms. The molecule has 1 aliphatic heterocycles. The van der Waals surface area contributed by atoms with Gasteiger partial charge in [-0.25, -0.2) is 4.98 Å². The molecular weight excluding hydrogens is 504 g/mol. The molecule has 2 fully saturated rings. The lowest BCUT2D eigenvalue weighted by molar-refractivity contribution is -0.122. The second kappa shape index (κ2) is 10.7. The Bertz CT molecular complexity index is 1440. The lowest BCUT2D eigenvalue weighted by atomic mass is 9.87. The van der Waals surface area contributed by atoms with Crippen molar-refractivity contribution in [2.45, 2.75) is 52.1 Å². The highest BCUT2D eigenvalue weighted by Crippen LogP contribution is 2.35. The first-order chi connectivity index (χ1) is 17.8. The number of methoxy groups -OCH3 is 1. The van der Waals surface area contributed by atoms with Gasteiger partial charge >= 0.3 is 0 Å². The number of aryl methyl sites for hydroxylation is 1. The number of thioether (sulfide) groups is 1. The van der Waals surface area contributed by atoms with Crippen LogP contribution in [0.3, 0.4) is 0 Å². The van der Waals surface area contributed by atoms with E-state index in [2.05, 4.69) is 12.2 Å². The first-order valence-electron chi connectivity index (χ1n) is 12.5. The van der Waals surface area contributed by atoms with Gasteiger partial charge < -0.3 is 10.1 Å². The van der Waals surface area contributed by atoms with Crippen LogP contribution < -0.4 is 15.6 Å². The maximum atomic E-state index is 13.7. The minimum Gasteiger partial charge on any atom is -0.497 e. The van der Waals surface area contributed by atoms with E-state index in [4.69, 9.17) is 21.9 Å². The van der Waals surface area contributed by atoms with E-state index in [1.165, 1.54) is 11.8 Å². The average molecular weight is 535 g/mol. The summed E-state index contributed by atoms with van der Waals surface area (Å²) in [5.74, 6) is 1.78. The predicted octanol–water partition coefficient (Wildman–Crippen LogP) is 5.40. The topological polar surface area (TPSA) is 75.9 Å². The largest absolute Gasteiger partial charge is 0.497 e. The number of hydrogen-bond acceptors (Lipinski definition) is 7. The minimum absolute atomic E-state index is 0.208. The zero-order chi connectivity index (χ0) is 26.1. The molecule has 1 aliphatic carbocycles. The van der Waals surface area contributed by atoms with Gasteiger partial charge in [-0.15, -0.1) is 0 Å². The Hall–Kier alpha value is -3.17. The average Bonchev–Trinajstić information content (AvgIpc) is 3.16. The van der Waals surface area contributed by atoms with Gasteiger partial charge in [0.2, 0.25) is 0 Å². The SMILES string of the molecule is COc1ccc(CN2C(=O)C(=Cc3c(NC4CCC(C)CC4)nc4c(C)cccn4c3=O)SC2=S)cc1. The van der Waals surface area contributed by atoms with E-state index in [1.54, 1.807) is 28.7 Å². The first-order valence-corrected chi connectivity index (χ1v) is 13.7. The van der Waals surface area contributed by atoms with Gasteiger partial charge in [0.1, 0.15) is 21.5 Å². The summed E-state index contributed by atoms with van der Waals surface area (Å²) in [7, 11) is 1.62. The molecule has 0 atom stereocenters. The summed E-state index contributed by atoms with van der Waals surface area (Å²) in [6.07, 6.45) is 7.71. The molecule has 192 valence electrons. The highest BCUT2D eigenvalue weighted by atomic mass is 32.2. The number of fused-ring (bicyclic) bond motifs is 1. The molecule has 0 radical (unpaired) electrons. The van der Waals surface area contributed by atoms with Crippen LogP contribution in [-0.2, 0) is 11.3 Å². The molecule has 1 saturated heterocycles. The molecule has 1 N–H and O–H groups in total. The van der Waals surface area contributed by atoms with Crippen LogP contribution in [0.25, 0.3) is 11.7 Å². The van der Waals surface area contributed by atoms with Crippen molar-refractivity contribution >= 4 is 51.7 Å². The van der Waals surface area contributed by atoms with E-state index < -0.39 is 0 Å². The Balaban J connectivity index is 1.50. The van der Waals surface area contributed by atoms with Crippen molar-refractivity contribution in [3.63, 3.8) is 0 Å². The number of carbonyl (C=O) groups is 1. The molecule has 37 heavy (non-hydrogen) atoms. The third kappa shape index (κ3) is 5.29.